The Hall–Kier alpha value is 0.220. The van der Waals surface area contributed by atoms with Crippen molar-refractivity contribution < 1.29 is 25.8 Å². The monoisotopic (exact) mass is 356 g/mol. The van der Waals surface area contributed by atoms with E-state index in [2.05, 4.69) is 38.5 Å². The molecule has 0 aromatic rings. The second-order valence-electron chi connectivity index (χ2n) is 3.66. The summed E-state index contributed by atoms with van der Waals surface area (Å²) in [5.41, 5.74) is 1.58. The third-order valence-electron chi connectivity index (χ3n) is 2.57. The van der Waals surface area contributed by atoms with Crippen molar-refractivity contribution in [3.63, 3.8) is 0 Å². The molecule has 1 atom stereocenters. The SMILES string of the molecule is C1=CCC2CC[CH-]C2=C1.[CH2-]CCC.[Hf]. The molecule has 0 nitrogen and oxygen atoms in total. The van der Waals surface area contributed by atoms with Crippen LogP contribution in [-0.2, 0) is 25.8 Å². The summed E-state index contributed by atoms with van der Waals surface area (Å²) in [4.78, 5) is 0. The van der Waals surface area contributed by atoms with E-state index in [0.29, 0.717) is 0 Å². The maximum atomic E-state index is 3.60. The maximum Gasteiger partial charge on any atom is 0 e. The molecule has 0 N–H and O–H groups in total. The molecule has 0 amide bonds. The molecule has 14 heavy (non-hydrogen) atoms. The number of rotatable bonds is 1. The van der Waals surface area contributed by atoms with Crippen LogP contribution in [0.3, 0.4) is 0 Å². The van der Waals surface area contributed by atoms with Gasteiger partial charge in [0.05, 0.1) is 0 Å². The molecule has 2 rings (SSSR count). The van der Waals surface area contributed by atoms with Crippen LogP contribution in [0, 0.1) is 19.3 Å². The van der Waals surface area contributed by atoms with Crippen LogP contribution in [0.4, 0.5) is 0 Å². The summed E-state index contributed by atoms with van der Waals surface area (Å²) in [5.74, 6) is 0.884. The van der Waals surface area contributed by atoms with Gasteiger partial charge in [-0.15, -0.1) is 18.6 Å². The first-order valence-electron chi connectivity index (χ1n) is 5.37. The largest absolute Gasteiger partial charge is 0.343 e. The number of hydrogen-bond acceptors (Lipinski definition) is 0. The summed E-state index contributed by atoms with van der Waals surface area (Å²) >= 11 is 0. The number of unbranched alkanes of at least 4 members (excludes halogenated alkanes) is 1. The van der Waals surface area contributed by atoms with Gasteiger partial charge >= 0.3 is 0 Å². The molecule has 0 spiro atoms. The predicted molar refractivity (Wildman–Crippen MR) is 59.1 cm³/mol. The molecule has 1 fully saturated rings. The smallest absolute Gasteiger partial charge is 0 e. The second-order valence-corrected chi connectivity index (χ2v) is 3.66. The van der Waals surface area contributed by atoms with Crippen molar-refractivity contribution in [3.8, 4) is 0 Å². The molecule has 2 aliphatic rings. The van der Waals surface area contributed by atoms with E-state index in [4.69, 9.17) is 0 Å². The van der Waals surface area contributed by atoms with Gasteiger partial charge in [-0.25, -0.2) is 18.1 Å². The average molecular weight is 355 g/mol. The molecular weight excluding hydrogens is 335 g/mol. The number of allylic oxidation sites excluding steroid dienone is 4. The van der Waals surface area contributed by atoms with Gasteiger partial charge < -0.3 is 6.92 Å². The van der Waals surface area contributed by atoms with Gasteiger partial charge in [0.15, 0.2) is 0 Å². The van der Waals surface area contributed by atoms with Crippen molar-refractivity contribution in [2.24, 2.45) is 5.92 Å². The van der Waals surface area contributed by atoms with E-state index >= 15 is 0 Å². The molecule has 78 valence electrons. The van der Waals surface area contributed by atoms with E-state index < -0.39 is 0 Å². The van der Waals surface area contributed by atoms with Gasteiger partial charge in [0.2, 0.25) is 0 Å². The Morgan fingerprint density at radius 2 is 2.29 bits per heavy atom. The van der Waals surface area contributed by atoms with E-state index in [-0.39, 0.29) is 25.8 Å². The first kappa shape index (κ1) is 14.2. The molecular formula is C13H20Hf-2. The molecule has 2 aliphatic carbocycles. The van der Waals surface area contributed by atoms with Crippen molar-refractivity contribution in [2.75, 3.05) is 0 Å². The standard InChI is InChI=1S/C9H11.C4H9.Hf/c1-2-5-9-7-3-6-8(9)4-1;1-3-4-2;/h1-2,4,6,9H,3,5,7H2;1,3-4H2,2H3;/q2*-1;. The Bertz CT molecular complexity index is 189. The van der Waals surface area contributed by atoms with E-state index in [0.717, 1.165) is 12.3 Å². The van der Waals surface area contributed by atoms with Crippen LogP contribution in [0.2, 0.25) is 0 Å². The van der Waals surface area contributed by atoms with E-state index in [9.17, 15) is 0 Å². The van der Waals surface area contributed by atoms with E-state index in [1.807, 2.05) is 0 Å². The summed E-state index contributed by atoms with van der Waals surface area (Å²) < 4.78 is 0. The zero-order chi connectivity index (χ0) is 9.52. The van der Waals surface area contributed by atoms with Crippen LogP contribution in [0.5, 0.6) is 0 Å². The minimum Gasteiger partial charge on any atom is -0.343 e. The zero-order valence-electron chi connectivity index (χ0n) is 9.13. The third kappa shape index (κ3) is 4.63. The van der Waals surface area contributed by atoms with Crippen molar-refractivity contribution in [1.82, 2.24) is 0 Å². The Kier molecular flexibility index (Phi) is 8.66. The molecule has 1 saturated carbocycles. The Morgan fingerprint density at radius 3 is 2.86 bits per heavy atom. The summed E-state index contributed by atoms with van der Waals surface area (Å²) in [6.07, 6.45) is 15.3. The third-order valence-corrected chi connectivity index (χ3v) is 2.57. The van der Waals surface area contributed by atoms with E-state index in [1.165, 1.54) is 25.7 Å². The van der Waals surface area contributed by atoms with Crippen molar-refractivity contribution in [2.45, 2.75) is 39.0 Å². The van der Waals surface area contributed by atoms with Crippen LogP contribution in [0.1, 0.15) is 39.0 Å². The fourth-order valence-electron chi connectivity index (χ4n) is 1.66. The zero-order valence-corrected chi connectivity index (χ0v) is 12.7. The summed E-state index contributed by atoms with van der Waals surface area (Å²) in [5, 5.41) is 0. The summed E-state index contributed by atoms with van der Waals surface area (Å²) in [6, 6.07) is 0. The Balaban J connectivity index is 0.000000299. The van der Waals surface area contributed by atoms with Crippen LogP contribution < -0.4 is 0 Å². The fourth-order valence-corrected chi connectivity index (χ4v) is 1.66. The number of hydrogen-bond donors (Lipinski definition) is 0. The first-order chi connectivity index (χ1) is 6.38. The summed E-state index contributed by atoms with van der Waals surface area (Å²) in [6.45, 7) is 5.72. The second kappa shape index (κ2) is 8.52. The number of fused-ring (bicyclic) bond motifs is 1. The Morgan fingerprint density at radius 1 is 1.57 bits per heavy atom. The van der Waals surface area contributed by atoms with Crippen LogP contribution in [0.15, 0.2) is 23.8 Å². The van der Waals surface area contributed by atoms with Gasteiger partial charge in [0.1, 0.15) is 0 Å². The van der Waals surface area contributed by atoms with Gasteiger partial charge in [-0.05, 0) is 12.3 Å². The quantitative estimate of drug-likeness (QED) is 0.491. The van der Waals surface area contributed by atoms with Crippen LogP contribution in [-0.4, -0.2) is 0 Å². The van der Waals surface area contributed by atoms with E-state index in [1.54, 1.807) is 5.57 Å². The van der Waals surface area contributed by atoms with Gasteiger partial charge in [0.25, 0.3) is 0 Å². The first-order valence-corrected chi connectivity index (χ1v) is 5.37. The average Bonchev–Trinajstić information content (AvgIpc) is 2.66. The molecule has 1 unspecified atom stereocenters. The summed E-state index contributed by atoms with van der Waals surface area (Å²) in [7, 11) is 0. The maximum absolute atomic E-state index is 3.60. The van der Waals surface area contributed by atoms with Gasteiger partial charge in [-0.1, -0.05) is 19.8 Å². The van der Waals surface area contributed by atoms with Gasteiger partial charge in [0, 0.05) is 25.8 Å². The van der Waals surface area contributed by atoms with Gasteiger partial charge in [-0.2, -0.15) is 6.42 Å². The minimum absolute atomic E-state index is 0. The van der Waals surface area contributed by atoms with Crippen LogP contribution in [0.25, 0.3) is 0 Å². The topological polar surface area (TPSA) is 0 Å². The fraction of sp³-hybridized carbons (Fsp3) is 0.538. The van der Waals surface area contributed by atoms with Crippen molar-refractivity contribution in [3.05, 3.63) is 37.1 Å². The van der Waals surface area contributed by atoms with Crippen LogP contribution >= 0.6 is 0 Å². The molecule has 1 heteroatoms. The minimum atomic E-state index is 0. The molecule has 0 saturated heterocycles. The van der Waals surface area contributed by atoms with Gasteiger partial charge in [-0.3, -0.25) is 0 Å². The normalized spacial score (nSPS) is 22.1. The molecule has 0 radical (unpaired) electrons. The molecule has 0 heterocycles. The Labute approximate surface area is 108 Å². The molecule has 0 aromatic heterocycles. The van der Waals surface area contributed by atoms with Crippen molar-refractivity contribution >= 4 is 0 Å². The predicted octanol–water partition coefficient (Wildman–Crippen LogP) is 4.11. The molecule has 0 bridgehead atoms. The molecule has 0 aromatic carbocycles. The molecule has 0 aliphatic heterocycles. The van der Waals surface area contributed by atoms with Crippen molar-refractivity contribution in [1.29, 1.82) is 0 Å².